The summed E-state index contributed by atoms with van der Waals surface area (Å²) in [7, 11) is 0. The van der Waals surface area contributed by atoms with Crippen LogP contribution >= 0.6 is 0 Å². The van der Waals surface area contributed by atoms with Crippen LogP contribution in [0.25, 0.3) is 11.0 Å². The summed E-state index contributed by atoms with van der Waals surface area (Å²) in [5.41, 5.74) is 0.482. The van der Waals surface area contributed by atoms with Gasteiger partial charge in [-0.3, -0.25) is 4.79 Å². The fourth-order valence-electron chi connectivity index (χ4n) is 3.86. The molecule has 1 saturated carbocycles. The number of nitrogens with one attached hydrogen (secondary N) is 1. The number of carbonyl (C=O) groups is 1. The zero-order chi connectivity index (χ0) is 15.9. The summed E-state index contributed by atoms with van der Waals surface area (Å²) in [5.74, 6) is -0.382. The minimum atomic E-state index is -0.339. The van der Waals surface area contributed by atoms with Gasteiger partial charge in [0.2, 0.25) is 0 Å². The average molecular weight is 317 g/mol. The molecule has 23 heavy (non-hydrogen) atoms. The van der Waals surface area contributed by atoms with E-state index in [-0.39, 0.29) is 29.1 Å². The molecule has 2 aliphatic rings. The van der Waals surface area contributed by atoms with Gasteiger partial charge in [0.25, 0.3) is 5.91 Å². The molecule has 1 spiro atoms. The highest BCUT2D eigenvalue weighted by molar-refractivity contribution is 5.96. The molecule has 1 N–H and O–H groups in total. The van der Waals surface area contributed by atoms with Crippen molar-refractivity contribution >= 4 is 16.9 Å². The van der Waals surface area contributed by atoms with Crippen LogP contribution in [-0.4, -0.2) is 24.2 Å². The van der Waals surface area contributed by atoms with Crippen LogP contribution in [0.15, 0.2) is 28.7 Å². The molecule has 0 bridgehead atoms. The van der Waals surface area contributed by atoms with Crippen molar-refractivity contribution in [2.45, 2.75) is 50.2 Å². The van der Waals surface area contributed by atoms with Gasteiger partial charge >= 0.3 is 0 Å². The third-order valence-corrected chi connectivity index (χ3v) is 5.01. The molecule has 4 rings (SSSR count). The summed E-state index contributed by atoms with van der Waals surface area (Å²) in [6.45, 7) is 0.556. The molecule has 0 unspecified atom stereocenters. The van der Waals surface area contributed by atoms with Crippen LogP contribution in [0.2, 0.25) is 0 Å². The van der Waals surface area contributed by atoms with Gasteiger partial charge in [-0.2, -0.15) is 0 Å². The van der Waals surface area contributed by atoms with E-state index in [4.69, 9.17) is 9.15 Å². The van der Waals surface area contributed by atoms with Crippen molar-refractivity contribution in [1.29, 1.82) is 0 Å². The highest BCUT2D eigenvalue weighted by atomic mass is 19.1. The molecule has 0 radical (unpaired) electrons. The number of fused-ring (bicyclic) bond motifs is 1. The fraction of sp³-hybridized carbons (Fsp3) is 0.500. The molecule has 2 aromatic rings. The zero-order valence-corrected chi connectivity index (χ0v) is 12.9. The lowest BCUT2D eigenvalue weighted by Crippen LogP contribution is -2.37. The van der Waals surface area contributed by atoms with E-state index in [0.29, 0.717) is 17.6 Å². The number of amides is 1. The Bertz CT molecular complexity index is 733. The minimum Gasteiger partial charge on any atom is -0.451 e. The molecule has 1 aliphatic heterocycles. The molecular weight excluding hydrogens is 297 g/mol. The van der Waals surface area contributed by atoms with Gasteiger partial charge in [0, 0.05) is 5.39 Å². The van der Waals surface area contributed by atoms with Crippen molar-refractivity contribution in [2.75, 3.05) is 6.61 Å². The summed E-state index contributed by atoms with van der Waals surface area (Å²) in [4.78, 5) is 12.4. The molecule has 1 aromatic carbocycles. The number of benzene rings is 1. The predicted octanol–water partition coefficient (Wildman–Crippen LogP) is 3.79. The monoisotopic (exact) mass is 317 g/mol. The number of halogens is 1. The lowest BCUT2D eigenvalue weighted by atomic mass is 9.82. The molecule has 1 aromatic heterocycles. The molecule has 1 amide bonds. The first kappa shape index (κ1) is 14.7. The highest BCUT2D eigenvalue weighted by Crippen LogP contribution is 2.39. The number of carbonyl (C=O) groups excluding carboxylic acids is 1. The van der Waals surface area contributed by atoms with Crippen molar-refractivity contribution in [2.24, 2.45) is 0 Å². The summed E-state index contributed by atoms with van der Waals surface area (Å²) in [5, 5.41) is 3.59. The van der Waals surface area contributed by atoms with Gasteiger partial charge in [-0.1, -0.05) is 19.3 Å². The van der Waals surface area contributed by atoms with Gasteiger partial charge in [0.05, 0.1) is 18.2 Å². The second kappa shape index (κ2) is 5.64. The molecule has 2 heterocycles. The SMILES string of the molecule is O=C(N[C@H]1COC2(CCCCC2)C1)c1cc2cc(F)ccc2o1. The Balaban J connectivity index is 1.45. The molecule has 1 atom stereocenters. The van der Waals surface area contributed by atoms with Gasteiger partial charge in [0.15, 0.2) is 5.76 Å². The standard InChI is InChI=1S/C18H20FNO3/c19-13-4-5-15-12(8-13)9-16(23-15)17(21)20-14-10-18(22-11-14)6-2-1-3-7-18/h4-5,8-9,14H,1-3,6-7,10-11H2,(H,20,21)/t14-/m1/s1. The van der Waals surface area contributed by atoms with E-state index in [0.717, 1.165) is 19.3 Å². The van der Waals surface area contributed by atoms with Gasteiger partial charge in [-0.05, 0) is 43.5 Å². The van der Waals surface area contributed by atoms with Crippen LogP contribution in [0.3, 0.4) is 0 Å². The topological polar surface area (TPSA) is 51.5 Å². The van der Waals surface area contributed by atoms with E-state index in [9.17, 15) is 9.18 Å². The van der Waals surface area contributed by atoms with E-state index in [1.165, 1.54) is 37.5 Å². The van der Waals surface area contributed by atoms with Crippen LogP contribution in [0.4, 0.5) is 4.39 Å². The zero-order valence-electron chi connectivity index (χ0n) is 12.9. The largest absolute Gasteiger partial charge is 0.451 e. The van der Waals surface area contributed by atoms with E-state index >= 15 is 0 Å². The first-order valence-electron chi connectivity index (χ1n) is 8.28. The summed E-state index contributed by atoms with van der Waals surface area (Å²) >= 11 is 0. The van der Waals surface area contributed by atoms with Crippen molar-refractivity contribution < 1.29 is 18.3 Å². The van der Waals surface area contributed by atoms with E-state index < -0.39 is 0 Å². The third kappa shape index (κ3) is 2.85. The smallest absolute Gasteiger partial charge is 0.287 e. The number of furan rings is 1. The van der Waals surface area contributed by atoms with Gasteiger partial charge in [0.1, 0.15) is 11.4 Å². The van der Waals surface area contributed by atoms with Gasteiger partial charge in [-0.15, -0.1) is 0 Å². The number of hydrogen-bond donors (Lipinski definition) is 1. The van der Waals surface area contributed by atoms with Crippen molar-refractivity contribution in [3.8, 4) is 0 Å². The maximum Gasteiger partial charge on any atom is 0.287 e. The molecule has 1 saturated heterocycles. The van der Waals surface area contributed by atoms with Crippen molar-refractivity contribution in [3.05, 3.63) is 35.8 Å². The van der Waals surface area contributed by atoms with Gasteiger partial charge < -0.3 is 14.5 Å². The van der Waals surface area contributed by atoms with Crippen LogP contribution in [0.1, 0.15) is 49.1 Å². The van der Waals surface area contributed by atoms with E-state index in [1.807, 2.05) is 0 Å². The number of hydrogen-bond acceptors (Lipinski definition) is 3. The molecular formula is C18H20FNO3. The first-order chi connectivity index (χ1) is 11.1. The predicted molar refractivity (Wildman–Crippen MR) is 83.8 cm³/mol. The van der Waals surface area contributed by atoms with Crippen LogP contribution in [0, 0.1) is 5.82 Å². The van der Waals surface area contributed by atoms with E-state index in [2.05, 4.69) is 5.32 Å². The summed E-state index contributed by atoms with van der Waals surface area (Å²) < 4.78 is 24.7. The normalized spacial score (nSPS) is 23.4. The van der Waals surface area contributed by atoms with Crippen LogP contribution in [-0.2, 0) is 4.74 Å². The Labute approximate surface area is 134 Å². The molecule has 2 fully saturated rings. The lowest BCUT2D eigenvalue weighted by molar-refractivity contribution is -0.0246. The Hall–Kier alpha value is -1.88. The van der Waals surface area contributed by atoms with Crippen molar-refractivity contribution in [1.82, 2.24) is 5.32 Å². The Morgan fingerprint density at radius 2 is 2.04 bits per heavy atom. The highest BCUT2D eigenvalue weighted by Gasteiger charge is 2.41. The molecule has 5 heteroatoms. The average Bonchev–Trinajstić information content (AvgIpc) is 3.12. The molecule has 4 nitrogen and oxygen atoms in total. The number of rotatable bonds is 2. The fourth-order valence-corrected chi connectivity index (χ4v) is 3.86. The second-order valence-corrected chi connectivity index (χ2v) is 6.72. The quantitative estimate of drug-likeness (QED) is 0.917. The van der Waals surface area contributed by atoms with Gasteiger partial charge in [-0.25, -0.2) is 4.39 Å². The Morgan fingerprint density at radius 1 is 1.22 bits per heavy atom. The third-order valence-electron chi connectivity index (χ3n) is 5.01. The molecule has 1 aliphatic carbocycles. The first-order valence-corrected chi connectivity index (χ1v) is 8.28. The maximum atomic E-state index is 13.2. The lowest BCUT2D eigenvalue weighted by Gasteiger charge is -2.32. The Morgan fingerprint density at radius 3 is 2.87 bits per heavy atom. The molecule has 122 valence electrons. The number of ether oxygens (including phenoxy) is 1. The Kier molecular flexibility index (Phi) is 3.60. The van der Waals surface area contributed by atoms with Crippen molar-refractivity contribution in [3.63, 3.8) is 0 Å². The van der Waals surface area contributed by atoms with Crippen LogP contribution < -0.4 is 5.32 Å². The van der Waals surface area contributed by atoms with E-state index in [1.54, 1.807) is 6.07 Å². The minimum absolute atomic E-state index is 0.0190. The summed E-state index contributed by atoms with van der Waals surface area (Å²) in [6.07, 6.45) is 6.73. The van der Waals surface area contributed by atoms with Crippen LogP contribution in [0.5, 0.6) is 0 Å². The second-order valence-electron chi connectivity index (χ2n) is 6.72. The maximum absolute atomic E-state index is 13.2. The summed E-state index contributed by atoms with van der Waals surface area (Å²) in [6, 6.07) is 5.83.